The van der Waals surface area contributed by atoms with Crippen LogP contribution in [0.3, 0.4) is 0 Å². The van der Waals surface area contributed by atoms with Gasteiger partial charge in [-0.15, -0.1) is 5.10 Å². The third kappa shape index (κ3) is 4.61. The molecule has 0 radical (unpaired) electrons. The van der Waals surface area contributed by atoms with Crippen molar-refractivity contribution in [2.75, 3.05) is 5.32 Å². The number of fused-ring (bicyclic) bond motifs is 1. The molecule has 0 unspecified atom stereocenters. The first-order chi connectivity index (χ1) is 15.5. The van der Waals surface area contributed by atoms with Gasteiger partial charge in [-0.2, -0.15) is 22.8 Å². The number of hydrogen-bond acceptors (Lipinski definition) is 4. The highest BCUT2D eigenvalue weighted by Crippen LogP contribution is 2.36. The van der Waals surface area contributed by atoms with E-state index in [1.165, 1.54) is 6.07 Å². The second kappa shape index (κ2) is 8.36. The molecule has 4 aromatic rings. The summed E-state index contributed by atoms with van der Waals surface area (Å²) in [6, 6.07) is 12.1. The van der Waals surface area contributed by atoms with E-state index in [9.17, 15) is 22.8 Å². The van der Waals surface area contributed by atoms with Gasteiger partial charge < -0.3 is 5.32 Å². The predicted octanol–water partition coefficient (Wildman–Crippen LogP) is 4.49. The van der Waals surface area contributed by atoms with Gasteiger partial charge in [0.2, 0.25) is 5.91 Å². The van der Waals surface area contributed by atoms with Crippen LogP contribution >= 0.6 is 11.6 Å². The SMILES string of the molecule is Cc1ccc(-c2ccc3nn(CC(=O)Nc4ccc(Cl)c(C(F)(F)F)c4)c(=O)n3n2)cc1C. The zero-order valence-electron chi connectivity index (χ0n) is 17.4. The molecule has 2 aromatic heterocycles. The monoisotopic (exact) mass is 475 g/mol. The number of halogens is 4. The molecular formula is C22H17ClF3N5O2. The van der Waals surface area contributed by atoms with E-state index in [1.807, 2.05) is 32.0 Å². The smallest absolute Gasteiger partial charge is 0.324 e. The molecule has 0 bridgehead atoms. The quantitative estimate of drug-likeness (QED) is 0.471. The summed E-state index contributed by atoms with van der Waals surface area (Å²) >= 11 is 5.59. The van der Waals surface area contributed by atoms with Gasteiger partial charge in [-0.1, -0.05) is 23.7 Å². The molecule has 11 heteroatoms. The van der Waals surface area contributed by atoms with Crippen LogP contribution in [-0.2, 0) is 17.5 Å². The Kier molecular flexibility index (Phi) is 5.71. The standard InChI is InChI=1S/C22H17ClF3N5O2/c1-12-3-4-14(9-13(12)2)18-7-8-19-29-30(21(33)31(19)28-18)11-20(32)27-15-5-6-17(23)16(10-15)22(24,25)26/h3-10H,11H2,1-2H3,(H,27,32). The zero-order valence-corrected chi connectivity index (χ0v) is 18.2. The number of rotatable bonds is 4. The number of nitrogens with zero attached hydrogens (tertiary/aromatic N) is 4. The summed E-state index contributed by atoms with van der Waals surface area (Å²) in [5.41, 5.74) is 1.96. The number of aryl methyl sites for hydroxylation is 2. The van der Waals surface area contributed by atoms with Crippen molar-refractivity contribution in [2.45, 2.75) is 26.6 Å². The molecule has 0 aliphatic heterocycles. The van der Waals surface area contributed by atoms with E-state index in [1.54, 1.807) is 12.1 Å². The lowest BCUT2D eigenvalue weighted by molar-refractivity contribution is -0.137. The van der Waals surface area contributed by atoms with Gasteiger partial charge in [-0.3, -0.25) is 4.79 Å². The topological polar surface area (TPSA) is 81.3 Å². The fourth-order valence-electron chi connectivity index (χ4n) is 3.22. The van der Waals surface area contributed by atoms with E-state index in [2.05, 4.69) is 15.5 Å². The molecule has 1 amide bonds. The van der Waals surface area contributed by atoms with E-state index in [0.29, 0.717) is 5.69 Å². The predicted molar refractivity (Wildman–Crippen MR) is 117 cm³/mol. The number of benzene rings is 2. The fraction of sp³-hybridized carbons (Fsp3) is 0.182. The Bertz CT molecular complexity index is 1440. The molecule has 0 aliphatic rings. The summed E-state index contributed by atoms with van der Waals surface area (Å²) < 4.78 is 41.0. The van der Waals surface area contributed by atoms with E-state index in [0.717, 1.165) is 38.0 Å². The maximum absolute atomic E-state index is 13.0. The Hall–Kier alpha value is -3.66. The van der Waals surface area contributed by atoms with Crippen molar-refractivity contribution in [3.63, 3.8) is 0 Å². The highest BCUT2D eigenvalue weighted by molar-refractivity contribution is 6.31. The van der Waals surface area contributed by atoms with Crippen LogP contribution < -0.4 is 11.0 Å². The molecule has 2 heterocycles. The van der Waals surface area contributed by atoms with Crippen molar-refractivity contribution in [2.24, 2.45) is 0 Å². The molecule has 0 fully saturated rings. The maximum atomic E-state index is 13.0. The molecule has 33 heavy (non-hydrogen) atoms. The van der Waals surface area contributed by atoms with Crippen molar-refractivity contribution in [3.8, 4) is 11.3 Å². The minimum atomic E-state index is -4.67. The van der Waals surface area contributed by atoms with Gasteiger partial charge in [-0.05, 0) is 61.4 Å². The average Bonchev–Trinajstić information content (AvgIpc) is 3.05. The number of alkyl halides is 3. The molecule has 0 saturated heterocycles. The number of anilines is 1. The molecule has 170 valence electrons. The number of nitrogens with one attached hydrogen (secondary N) is 1. The van der Waals surface area contributed by atoms with Crippen LogP contribution in [0, 0.1) is 13.8 Å². The van der Waals surface area contributed by atoms with Crippen LogP contribution in [0.25, 0.3) is 16.9 Å². The maximum Gasteiger partial charge on any atom is 0.417 e. The van der Waals surface area contributed by atoms with Crippen LogP contribution in [-0.4, -0.2) is 25.3 Å². The van der Waals surface area contributed by atoms with Crippen molar-refractivity contribution in [1.82, 2.24) is 19.4 Å². The van der Waals surface area contributed by atoms with E-state index >= 15 is 0 Å². The molecule has 0 saturated carbocycles. The van der Waals surface area contributed by atoms with Crippen LogP contribution in [0.15, 0.2) is 53.3 Å². The Labute approximate surface area is 190 Å². The van der Waals surface area contributed by atoms with Crippen molar-refractivity contribution in [1.29, 1.82) is 0 Å². The Balaban J connectivity index is 1.58. The Morgan fingerprint density at radius 3 is 2.48 bits per heavy atom. The molecular weight excluding hydrogens is 459 g/mol. The Morgan fingerprint density at radius 2 is 1.79 bits per heavy atom. The number of amides is 1. The van der Waals surface area contributed by atoms with Crippen molar-refractivity contribution < 1.29 is 18.0 Å². The summed E-state index contributed by atoms with van der Waals surface area (Å²) in [6.07, 6.45) is -4.67. The molecule has 0 atom stereocenters. The number of aromatic nitrogens is 4. The van der Waals surface area contributed by atoms with Crippen LogP contribution in [0.4, 0.5) is 18.9 Å². The van der Waals surface area contributed by atoms with Crippen molar-refractivity contribution in [3.05, 3.63) is 80.7 Å². The average molecular weight is 476 g/mol. The zero-order chi connectivity index (χ0) is 23.9. The molecule has 4 rings (SSSR count). The van der Waals surface area contributed by atoms with Crippen LogP contribution in [0.2, 0.25) is 5.02 Å². The number of carbonyl (C=O) groups is 1. The lowest BCUT2D eigenvalue weighted by Crippen LogP contribution is -2.29. The van der Waals surface area contributed by atoms with Gasteiger partial charge >= 0.3 is 11.9 Å². The second-order valence-corrected chi connectivity index (χ2v) is 7.88. The Morgan fingerprint density at radius 1 is 1.03 bits per heavy atom. The summed E-state index contributed by atoms with van der Waals surface area (Å²) in [5.74, 6) is -0.731. The van der Waals surface area contributed by atoms with E-state index in [4.69, 9.17) is 11.6 Å². The summed E-state index contributed by atoms with van der Waals surface area (Å²) in [6.45, 7) is 3.45. The highest BCUT2D eigenvalue weighted by Gasteiger charge is 2.33. The third-order valence-electron chi connectivity index (χ3n) is 5.09. The summed E-state index contributed by atoms with van der Waals surface area (Å²) in [7, 11) is 0. The van der Waals surface area contributed by atoms with Gasteiger partial charge in [-0.25, -0.2) is 9.48 Å². The van der Waals surface area contributed by atoms with Crippen molar-refractivity contribution >= 4 is 28.8 Å². The number of hydrogen-bond donors (Lipinski definition) is 1. The lowest BCUT2D eigenvalue weighted by atomic mass is 10.0. The van der Waals surface area contributed by atoms with Gasteiger partial charge in [0.1, 0.15) is 6.54 Å². The minimum Gasteiger partial charge on any atom is -0.324 e. The lowest BCUT2D eigenvalue weighted by Gasteiger charge is -2.11. The van der Waals surface area contributed by atoms with Crippen LogP contribution in [0.5, 0.6) is 0 Å². The highest BCUT2D eigenvalue weighted by atomic mass is 35.5. The normalized spacial score (nSPS) is 11.7. The van der Waals surface area contributed by atoms with E-state index < -0.39 is 34.9 Å². The molecule has 0 spiro atoms. The first kappa shape index (κ1) is 22.5. The first-order valence-corrected chi connectivity index (χ1v) is 10.1. The van der Waals surface area contributed by atoms with Gasteiger partial charge in [0, 0.05) is 11.3 Å². The molecule has 0 aliphatic carbocycles. The van der Waals surface area contributed by atoms with Crippen LogP contribution in [0.1, 0.15) is 16.7 Å². The molecule has 1 N–H and O–H groups in total. The van der Waals surface area contributed by atoms with Gasteiger partial charge in [0.15, 0.2) is 5.65 Å². The first-order valence-electron chi connectivity index (χ1n) is 9.74. The number of carbonyl (C=O) groups excluding carboxylic acids is 1. The fourth-order valence-corrected chi connectivity index (χ4v) is 3.45. The molecule has 7 nitrogen and oxygen atoms in total. The third-order valence-corrected chi connectivity index (χ3v) is 5.42. The van der Waals surface area contributed by atoms with Gasteiger partial charge in [0.25, 0.3) is 0 Å². The molecule has 2 aromatic carbocycles. The summed E-state index contributed by atoms with van der Waals surface area (Å²) in [5, 5.41) is 10.2. The second-order valence-electron chi connectivity index (χ2n) is 7.47. The minimum absolute atomic E-state index is 0.108. The van der Waals surface area contributed by atoms with Gasteiger partial charge in [0.05, 0.1) is 16.3 Å². The van der Waals surface area contributed by atoms with E-state index in [-0.39, 0.29) is 11.3 Å². The largest absolute Gasteiger partial charge is 0.417 e. The summed E-state index contributed by atoms with van der Waals surface area (Å²) in [4.78, 5) is 25.1.